The Balaban J connectivity index is 1.80. The minimum absolute atomic E-state index is 0.122. The van der Waals surface area contributed by atoms with E-state index in [1.54, 1.807) is 6.07 Å². The number of halogens is 4. The highest BCUT2D eigenvalue weighted by Gasteiger charge is 2.42. The molecule has 2 aromatic rings. The van der Waals surface area contributed by atoms with Crippen LogP contribution >= 0.6 is 22.9 Å². The van der Waals surface area contributed by atoms with Crippen LogP contribution in [0.3, 0.4) is 0 Å². The molecule has 1 aliphatic rings. The number of urea groups is 1. The van der Waals surface area contributed by atoms with Gasteiger partial charge in [-0.3, -0.25) is 9.69 Å². The van der Waals surface area contributed by atoms with Gasteiger partial charge in [-0.2, -0.15) is 13.2 Å². The Kier molecular flexibility index (Phi) is 3.88. The first-order chi connectivity index (χ1) is 10.7. The fraction of sp³-hybridized carbons (Fsp3) is 0.333. The molecular formula is C12H8ClF3N4O2S. The zero-order chi connectivity index (χ0) is 16.8. The molecular weight excluding hydrogens is 357 g/mol. The molecule has 0 radical (unpaired) electrons. The minimum Gasteiger partial charge on any atom is -0.306 e. The van der Waals surface area contributed by atoms with E-state index in [1.165, 1.54) is 17.7 Å². The maximum atomic E-state index is 12.4. The summed E-state index contributed by atoms with van der Waals surface area (Å²) in [6, 6.07) is 0.669. The summed E-state index contributed by atoms with van der Waals surface area (Å²) < 4.78 is 37.8. The van der Waals surface area contributed by atoms with Crippen LogP contribution in [0.15, 0.2) is 12.4 Å². The number of aromatic nitrogens is 2. The molecule has 1 aliphatic heterocycles. The molecule has 1 fully saturated rings. The van der Waals surface area contributed by atoms with E-state index in [0.29, 0.717) is 20.0 Å². The van der Waals surface area contributed by atoms with Crippen LogP contribution in [0.1, 0.15) is 4.88 Å². The lowest BCUT2D eigenvalue weighted by Gasteiger charge is -2.17. The van der Waals surface area contributed by atoms with Crippen molar-refractivity contribution in [2.24, 2.45) is 0 Å². The van der Waals surface area contributed by atoms with Gasteiger partial charge in [0.1, 0.15) is 24.6 Å². The van der Waals surface area contributed by atoms with Crippen LogP contribution in [0, 0.1) is 0 Å². The molecule has 122 valence electrons. The van der Waals surface area contributed by atoms with Crippen molar-refractivity contribution in [2.45, 2.75) is 12.7 Å². The van der Waals surface area contributed by atoms with Crippen molar-refractivity contribution in [3.63, 3.8) is 0 Å². The van der Waals surface area contributed by atoms with Crippen molar-refractivity contribution < 1.29 is 22.8 Å². The molecule has 3 rings (SSSR count). The van der Waals surface area contributed by atoms with E-state index in [2.05, 4.69) is 9.97 Å². The normalized spacial score (nSPS) is 16.0. The quantitative estimate of drug-likeness (QED) is 0.620. The standard InChI is InChI=1S/C12H8ClF3N4O2S/c13-10-9-7(17-5-18-10)1-6(23-9)2-20-8(21)3-19(11(20)22)4-12(14,15)16/h1,5H,2-4H2. The number of fused-ring (bicyclic) bond motifs is 1. The van der Waals surface area contributed by atoms with E-state index in [1.807, 2.05) is 0 Å². The molecule has 3 heterocycles. The first kappa shape index (κ1) is 15.9. The van der Waals surface area contributed by atoms with Gasteiger partial charge in [-0.1, -0.05) is 11.6 Å². The number of carbonyl (C=O) groups is 2. The van der Waals surface area contributed by atoms with Crippen LogP contribution in [0.2, 0.25) is 5.15 Å². The van der Waals surface area contributed by atoms with Gasteiger partial charge >= 0.3 is 12.2 Å². The topological polar surface area (TPSA) is 66.4 Å². The molecule has 0 unspecified atom stereocenters. The highest BCUT2D eigenvalue weighted by Crippen LogP contribution is 2.30. The van der Waals surface area contributed by atoms with Gasteiger partial charge in [0.25, 0.3) is 5.91 Å². The molecule has 6 nitrogen and oxygen atoms in total. The van der Waals surface area contributed by atoms with Crippen molar-refractivity contribution in [3.05, 3.63) is 22.4 Å². The third-order valence-corrected chi connectivity index (χ3v) is 4.65. The Morgan fingerprint density at radius 1 is 1.30 bits per heavy atom. The second kappa shape index (κ2) is 5.60. The van der Waals surface area contributed by atoms with Crippen LogP contribution in [-0.4, -0.2) is 51.0 Å². The van der Waals surface area contributed by atoms with E-state index < -0.39 is 31.2 Å². The molecule has 0 spiro atoms. The fourth-order valence-corrected chi connectivity index (χ4v) is 3.43. The molecule has 0 saturated carbocycles. The third-order valence-electron chi connectivity index (χ3n) is 3.13. The number of imide groups is 1. The molecule has 23 heavy (non-hydrogen) atoms. The lowest BCUT2D eigenvalue weighted by atomic mass is 10.4. The Morgan fingerprint density at radius 3 is 2.70 bits per heavy atom. The van der Waals surface area contributed by atoms with Crippen LogP contribution in [0.25, 0.3) is 10.2 Å². The maximum absolute atomic E-state index is 12.4. The molecule has 0 atom stereocenters. The molecule has 0 aliphatic carbocycles. The highest BCUT2D eigenvalue weighted by molar-refractivity contribution is 7.19. The van der Waals surface area contributed by atoms with Crippen molar-refractivity contribution in [2.75, 3.05) is 13.1 Å². The first-order valence-electron chi connectivity index (χ1n) is 6.29. The number of thiophene rings is 1. The lowest BCUT2D eigenvalue weighted by molar-refractivity contribution is -0.139. The van der Waals surface area contributed by atoms with Gasteiger partial charge in [0.2, 0.25) is 0 Å². The molecule has 3 amide bonds. The van der Waals surface area contributed by atoms with E-state index in [9.17, 15) is 22.8 Å². The Bertz CT molecular complexity index is 794. The average molecular weight is 365 g/mol. The molecule has 0 N–H and O–H groups in total. The fourth-order valence-electron chi connectivity index (χ4n) is 2.20. The average Bonchev–Trinajstić information content (AvgIpc) is 2.95. The zero-order valence-corrected chi connectivity index (χ0v) is 12.9. The smallest absolute Gasteiger partial charge is 0.306 e. The van der Waals surface area contributed by atoms with Crippen molar-refractivity contribution in [3.8, 4) is 0 Å². The van der Waals surface area contributed by atoms with Gasteiger partial charge in [-0.15, -0.1) is 11.3 Å². The molecule has 2 aromatic heterocycles. The van der Waals surface area contributed by atoms with Gasteiger partial charge in [0, 0.05) is 4.88 Å². The number of rotatable bonds is 3. The van der Waals surface area contributed by atoms with Crippen LogP contribution in [0.5, 0.6) is 0 Å². The summed E-state index contributed by atoms with van der Waals surface area (Å²) in [5.41, 5.74) is 0.552. The van der Waals surface area contributed by atoms with E-state index in [4.69, 9.17) is 11.6 Å². The Labute approximate surface area is 136 Å². The minimum atomic E-state index is -4.55. The molecule has 0 aromatic carbocycles. The zero-order valence-electron chi connectivity index (χ0n) is 11.3. The summed E-state index contributed by atoms with van der Waals surface area (Å²) >= 11 is 7.10. The summed E-state index contributed by atoms with van der Waals surface area (Å²) in [5.74, 6) is -0.672. The second-order valence-corrected chi connectivity index (χ2v) is 6.32. The number of amides is 3. The third kappa shape index (κ3) is 3.22. The van der Waals surface area contributed by atoms with Crippen LogP contribution < -0.4 is 0 Å². The largest absolute Gasteiger partial charge is 0.406 e. The molecule has 11 heteroatoms. The van der Waals surface area contributed by atoms with Gasteiger partial charge < -0.3 is 4.90 Å². The number of hydrogen-bond acceptors (Lipinski definition) is 5. The van der Waals surface area contributed by atoms with Crippen molar-refractivity contribution in [1.29, 1.82) is 0 Å². The van der Waals surface area contributed by atoms with E-state index >= 15 is 0 Å². The van der Waals surface area contributed by atoms with Gasteiger partial charge in [-0.05, 0) is 6.07 Å². The Hall–Kier alpha value is -1.94. The van der Waals surface area contributed by atoms with Crippen molar-refractivity contribution in [1.82, 2.24) is 19.8 Å². The first-order valence-corrected chi connectivity index (χ1v) is 7.49. The SMILES string of the molecule is O=C1CN(CC(F)(F)F)C(=O)N1Cc1cc2ncnc(Cl)c2s1. The van der Waals surface area contributed by atoms with Gasteiger partial charge in [0.05, 0.1) is 16.8 Å². The summed E-state index contributed by atoms with van der Waals surface area (Å²) in [6.07, 6.45) is -3.27. The predicted octanol–water partition coefficient (Wildman–Crippen LogP) is 2.67. The summed E-state index contributed by atoms with van der Waals surface area (Å²) in [4.78, 5) is 33.4. The molecule has 0 bridgehead atoms. The van der Waals surface area contributed by atoms with E-state index in [0.717, 1.165) is 4.90 Å². The Morgan fingerprint density at radius 2 is 2.04 bits per heavy atom. The second-order valence-electron chi connectivity index (χ2n) is 4.83. The van der Waals surface area contributed by atoms with Crippen molar-refractivity contribution >= 4 is 45.1 Å². The summed E-state index contributed by atoms with van der Waals surface area (Å²) in [5, 5.41) is 0.240. The van der Waals surface area contributed by atoms with Gasteiger partial charge in [-0.25, -0.2) is 14.8 Å². The van der Waals surface area contributed by atoms with Crippen LogP contribution in [-0.2, 0) is 11.3 Å². The number of alkyl halides is 3. The molecule has 1 saturated heterocycles. The van der Waals surface area contributed by atoms with Crippen LogP contribution in [0.4, 0.5) is 18.0 Å². The number of hydrogen-bond donors (Lipinski definition) is 0. The van der Waals surface area contributed by atoms with Gasteiger partial charge in [0.15, 0.2) is 0 Å². The highest BCUT2D eigenvalue weighted by atomic mass is 35.5. The monoisotopic (exact) mass is 364 g/mol. The predicted molar refractivity (Wildman–Crippen MR) is 76.0 cm³/mol. The number of nitrogens with zero attached hydrogens (tertiary/aromatic N) is 4. The number of carbonyl (C=O) groups excluding carboxylic acids is 2. The maximum Gasteiger partial charge on any atom is 0.406 e. The summed E-state index contributed by atoms with van der Waals surface area (Å²) in [7, 11) is 0. The summed E-state index contributed by atoms with van der Waals surface area (Å²) in [6.45, 7) is -2.15. The van der Waals surface area contributed by atoms with E-state index in [-0.39, 0.29) is 11.7 Å². The lowest BCUT2D eigenvalue weighted by Crippen LogP contribution is -2.37.